The van der Waals surface area contributed by atoms with E-state index in [1.807, 2.05) is 57.2 Å². The minimum absolute atomic E-state index is 0.322. The predicted octanol–water partition coefficient (Wildman–Crippen LogP) is 4.14. The zero-order valence-corrected chi connectivity index (χ0v) is 12.2. The van der Waals surface area contributed by atoms with Gasteiger partial charge >= 0.3 is 0 Å². The number of rotatable bonds is 5. The van der Waals surface area contributed by atoms with E-state index in [2.05, 4.69) is 4.99 Å². The van der Waals surface area contributed by atoms with Gasteiger partial charge in [-0.1, -0.05) is 50.3 Å². The van der Waals surface area contributed by atoms with Crippen LogP contribution in [0.3, 0.4) is 0 Å². The van der Waals surface area contributed by atoms with Crippen LogP contribution < -0.4 is 0 Å². The molecule has 0 aliphatic carbocycles. The molecule has 1 aromatic rings. The Morgan fingerprint density at radius 3 is 2.42 bits per heavy atom. The fraction of sp³-hybridized carbons (Fsp3) is 0.375. The number of ether oxygens (including phenoxy) is 1. The third-order valence-electron chi connectivity index (χ3n) is 2.22. The largest absolute Gasteiger partial charge is 0.476 e. The van der Waals surface area contributed by atoms with Gasteiger partial charge in [-0.3, -0.25) is 0 Å². The zero-order chi connectivity index (χ0) is 14.5. The van der Waals surface area contributed by atoms with Crippen molar-refractivity contribution in [2.24, 2.45) is 4.99 Å². The Balaban J connectivity index is 0.00000154. The molecule has 0 unspecified atom stereocenters. The highest BCUT2D eigenvalue weighted by Crippen LogP contribution is 2.05. The highest BCUT2D eigenvalue weighted by atomic mass is 16.5. The number of benzene rings is 1. The standard InChI is InChI=1S/C14H17NO2.C2H6/c1-3-14(9-10-16)15-12(2)17-11-13-7-5-4-6-8-13;1-2/h3-8,10H,9,11H2,1-2H3;1-2H3/b14-3-,15-12?;. The van der Waals surface area contributed by atoms with Crippen molar-refractivity contribution in [3.05, 3.63) is 47.7 Å². The van der Waals surface area contributed by atoms with Crippen LogP contribution in [0.2, 0.25) is 0 Å². The van der Waals surface area contributed by atoms with Gasteiger partial charge in [-0.05, 0) is 12.5 Å². The van der Waals surface area contributed by atoms with Crippen LogP contribution in [0, 0.1) is 0 Å². The fourth-order valence-corrected chi connectivity index (χ4v) is 1.31. The van der Waals surface area contributed by atoms with Crippen LogP contribution in [0.5, 0.6) is 0 Å². The van der Waals surface area contributed by atoms with Crippen molar-refractivity contribution in [2.45, 2.75) is 40.7 Å². The van der Waals surface area contributed by atoms with Crippen molar-refractivity contribution in [2.75, 3.05) is 0 Å². The van der Waals surface area contributed by atoms with E-state index in [0.29, 0.717) is 18.9 Å². The summed E-state index contributed by atoms with van der Waals surface area (Å²) in [7, 11) is 0. The van der Waals surface area contributed by atoms with Crippen LogP contribution in [0.1, 0.15) is 39.7 Å². The molecule has 0 aliphatic rings. The first kappa shape index (κ1) is 17.1. The molecule has 0 radical (unpaired) electrons. The zero-order valence-electron chi connectivity index (χ0n) is 12.2. The fourth-order valence-electron chi connectivity index (χ4n) is 1.31. The third kappa shape index (κ3) is 7.92. The number of allylic oxidation sites excluding steroid dienone is 2. The van der Waals surface area contributed by atoms with Crippen LogP contribution in [-0.2, 0) is 16.1 Å². The lowest BCUT2D eigenvalue weighted by Gasteiger charge is -2.05. The summed E-state index contributed by atoms with van der Waals surface area (Å²) < 4.78 is 5.50. The molecule has 0 N–H and O–H groups in total. The molecular weight excluding hydrogens is 238 g/mol. The highest BCUT2D eigenvalue weighted by Gasteiger charge is 1.97. The summed E-state index contributed by atoms with van der Waals surface area (Å²) >= 11 is 0. The normalized spacial score (nSPS) is 11.4. The van der Waals surface area contributed by atoms with Crippen molar-refractivity contribution in [3.63, 3.8) is 0 Å². The molecule has 104 valence electrons. The molecule has 0 saturated heterocycles. The van der Waals surface area contributed by atoms with Gasteiger partial charge in [0, 0.05) is 19.0 Å². The molecule has 3 heteroatoms. The molecule has 0 bridgehead atoms. The maximum Gasteiger partial charge on any atom is 0.185 e. The average Bonchev–Trinajstić information content (AvgIpc) is 2.48. The van der Waals surface area contributed by atoms with E-state index < -0.39 is 0 Å². The molecular formula is C16H23NO2. The van der Waals surface area contributed by atoms with Gasteiger partial charge in [-0.2, -0.15) is 0 Å². The second-order valence-electron chi connectivity index (χ2n) is 3.56. The number of carbonyl (C=O) groups excluding carboxylic acids is 1. The van der Waals surface area contributed by atoms with Crippen LogP contribution >= 0.6 is 0 Å². The molecule has 0 fully saturated rings. The SMILES string of the molecule is C/C=C(/CC=O)N=C(C)OCc1ccccc1.CC. The van der Waals surface area contributed by atoms with Crippen molar-refractivity contribution >= 4 is 12.2 Å². The summed E-state index contributed by atoms with van der Waals surface area (Å²) in [5.41, 5.74) is 1.82. The van der Waals surface area contributed by atoms with Crippen molar-refractivity contribution in [1.29, 1.82) is 0 Å². The summed E-state index contributed by atoms with van der Waals surface area (Å²) in [6, 6.07) is 9.89. The number of hydrogen-bond acceptors (Lipinski definition) is 3. The molecule has 0 aliphatic heterocycles. The van der Waals surface area contributed by atoms with Gasteiger partial charge in [0.25, 0.3) is 0 Å². The number of nitrogens with zero attached hydrogens (tertiary/aromatic N) is 1. The lowest BCUT2D eigenvalue weighted by atomic mass is 10.2. The van der Waals surface area contributed by atoms with E-state index in [1.54, 1.807) is 6.92 Å². The molecule has 19 heavy (non-hydrogen) atoms. The summed E-state index contributed by atoms with van der Waals surface area (Å²) in [6.45, 7) is 8.14. The molecule has 0 heterocycles. The van der Waals surface area contributed by atoms with Crippen molar-refractivity contribution in [3.8, 4) is 0 Å². The minimum atomic E-state index is 0.322. The van der Waals surface area contributed by atoms with Crippen molar-refractivity contribution in [1.82, 2.24) is 0 Å². The Kier molecular flexibility index (Phi) is 10.1. The third-order valence-corrected chi connectivity index (χ3v) is 2.22. The van der Waals surface area contributed by atoms with E-state index >= 15 is 0 Å². The smallest absolute Gasteiger partial charge is 0.185 e. The molecule has 0 saturated carbocycles. The molecule has 1 rings (SSSR count). The van der Waals surface area contributed by atoms with Crippen LogP contribution in [0.25, 0.3) is 0 Å². The quantitative estimate of drug-likeness (QED) is 0.454. The Morgan fingerprint density at radius 1 is 1.26 bits per heavy atom. The Hall–Kier alpha value is -1.90. The van der Waals surface area contributed by atoms with Gasteiger partial charge in [-0.25, -0.2) is 4.99 Å². The van der Waals surface area contributed by atoms with E-state index in [1.165, 1.54) is 0 Å². The summed E-state index contributed by atoms with van der Waals surface area (Å²) in [5.74, 6) is 0.573. The maximum absolute atomic E-state index is 10.4. The number of aldehydes is 1. The molecule has 0 spiro atoms. The van der Waals surface area contributed by atoms with Gasteiger partial charge in [-0.15, -0.1) is 0 Å². The second-order valence-corrected chi connectivity index (χ2v) is 3.56. The van der Waals surface area contributed by atoms with E-state index in [4.69, 9.17) is 4.74 Å². The second kappa shape index (κ2) is 11.2. The highest BCUT2D eigenvalue weighted by molar-refractivity contribution is 5.75. The minimum Gasteiger partial charge on any atom is -0.476 e. The average molecular weight is 261 g/mol. The maximum atomic E-state index is 10.4. The molecule has 1 aromatic carbocycles. The predicted molar refractivity (Wildman–Crippen MR) is 80.1 cm³/mol. The summed E-state index contributed by atoms with van der Waals surface area (Å²) in [6.07, 6.45) is 2.97. The molecule has 3 nitrogen and oxygen atoms in total. The van der Waals surface area contributed by atoms with Gasteiger partial charge in [0.1, 0.15) is 12.9 Å². The van der Waals surface area contributed by atoms with E-state index in [9.17, 15) is 4.79 Å². The monoisotopic (exact) mass is 261 g/mol. The van der Waals surface area contributed by atoms with Gasteiger partial charge in [0.2, 0.25) is 0 Å². The summed E-state index contributed by atoms with van der Waals surface area (Å²) in [4.78, 5) is 14.6. The Morgan fingerprint density at radius 2 is 1.89 bits per heavy atom. The van der Waals surface area contributed by atoms with Gasteiger partial charge < -0.3 is 9.53 Å². The summed E-state index contributed by atoms with van der Waals surface area (Å²) in [5, 5.41) is 0. The van der Waals surface area contributed by atoms with Gasteiger partial charge in [0.05, 0.1) is 0 Å². The van der Waals surface area contributed by atoms with E-state index in [0.717, 1.165) is 17.5 Å². The first-order valence-electron chi connectivity index (χ1n) is 6.57. The molecule has 0 atom stereocenters. The number of aliphatic imine (C=N–C) groups is 1. The Labute approximate surface area is 116 Å². The number of carbonyl (C=O) groups is 1. The van der Waals surface area contributed by atoms with Crippen LogP contribution in [-0.4, -0.2) is 12.2 Å². The van der Waals surface area contributed by atoms with Crippen LogP contribution in [0.4, 0.5) is 0 Å². The molecule has 0 amide bonds. The topological polar surface area (TPSA) is 38.7 Å². The molecule has 0 aromatic heterocycles. The van der Waals surface area contributed by atoms with Gasteiger partial charge in [0.15, 0.2) is 5.90 Å². The Bertz CT molecular complexity index is 408. The number of hydrogen-bond donors (Lipinski definition) is 0. The lowest BCUT2D eigenvalue weighted by Crippen LogP contribution is -2.01. The first-order valence-corrected chi connectivity index (χ1v) is 6.57. The van der Waals surface area contributed by atoms with Crippen LogP contribution in [0.15, 0.2) is 47.1 Å². The first-order chi connectivity index (χ1) is 9.26. The van der Waals surface area contributed by atoms with E-state index in [-0.39, 0.29) is 0 Å². The lowest BCUT2D eigenvalue weighted by molar-refractivity contribution is -0.107. The van der Waals surface area contributed by atoms with Crippen molar-refractivity contribution < 1.29 is 9.53 Å².